The van der Waals surface area contributed by atoms with E-state index >= 15 is 0 Å². The standard InChI is InChI=1S/C25H19N3O2S2/c1-30-16-12-10-14(11-13-16)19-17-8-5-9-18(17)26-23-20(19)21-22(32-23)24(29)28(25(31)27-21)15-6-3-2-4-7-15/h2-4,6-7,10-13H,5,8-9H2,1H3,(H,27,31). The van der Waals surface area contributed by atoms with Crippen molar-refractivity contribution in [3.63, 3.8) is 0 Å². The molecule has 2 aromatic carbocycles. The molecule has 0 saturated carbocycles. The molecule has 6 rings (SSSR count). The maximum absolute atomic E-state index is 13.5. The Morgan fingerprint density at radius 2 is 1.88 bits per heavy atom. The van der Waals surface area contributed by atoms with Gasteiger partial charge in [-0.05, 0) is 72.4 Å². The second-order valence-electron chi connectivity index (χ2n) is 7.89. The Morgan fingerprint density at radius 3 is 2.62 bits per heavy atom. The Morgan fingerprint density at radius 1 is 1.09 bits per heavy atom. The predicted molar refractivity (Wildman–Crippen MR) is 132 cm³/mol. The quantitative estimate of drug-likeness (QED) is 0.347. The van der Waals surface area contributed by atoms with Gasteiger partial charge in [-0.15, -0.1) is 11.3 Å². The zero-order valence-corrected chi connectivity index (χ0v) is 19.0. The number of aromatic nitrogens is 3. The molecule has 0 saturated heterocycles. The Hall–Kier alpha value is -3.29. The van der Waals surface area contributed by atoms with Crippen LogP contribution in [0.2, 0.25) is 0 Å². The first kappa shape index (κ1) is 19.4. The van der Waals surface area contributed by atoms with Gasteiger partial charge in [-0.25, -0.2) is 4.98 Å². The topological polar surface area (TPSA) is 59.9 Å². The summed E-state index contributed by atoms with van der Waals surface area (Å²) < 4.78 is 7.94. The fourth-order valence-electron chi connectivity index (χ4n) is 4.64. The largest absolute Gasteiger partial charge is 0.497 e. The molecule has 5 nitrogen and oxygen atoms in total. The molecule has 3 heterocycles. The van der Waals surface area contributed by atoms with Crippen LogP contribution in [-0.2, 0) is 12.8 Å². The molecule has 0 bridgehead atoms. The van der Waals surface area contributed by atoms with Crippen molar-refractivity contribution in [1.29, 1.82) is 0 Å². The summed E-state index contributed by atoms with van der Waals surface area (Å²) in [4.78, 5) is 22.8. The van der Waals surface area contributed by atoms with Gasteiger partial charge < -0.3 is 9.72 Å². The molecule has 32 heavy (non-hydrogen) atoms. The molecule has 0 fully saturated rings. The van der Waals surface area contributed by atoms with E-state index < -0.39 is 0 Å². The number of methoxy groups -OCH3 is 1. The number of fused-ring (bicyclic) bond motifs is 4. The van der Waals surface area contributed by atoms with Gasteiger partial charge in [0.1, 0.15) is 15.3 Å². The lowest BCUT2D eigenvalue weighted by molar-refractivity contribution is 0.415. The summed E-state index contributed by atoms with van der Waals surface area (Å²) >= 11 is 7.09. The van der Waals surface area contributed by atoms with Crippen LogP contribution in [0.15, 0.2) is 59.4 Å². The lowest BCUT2D eigenvalue weighted by atomic mass is 9.96. The molecule has 1 aliphatic rings. The first-order chi connectivity index (χ1) is 15.7. The first-order valence-corrected chi connectivity index (χ1v) is 11.7. The smallest absolute Gasteiger partial charge is 0.276 e. The van der Waals surface area contributed by atoms with Crippen LogP contribution in [0.3, 0.4) is 0 Å². The third-order valence-electron chi connectivity index (χ3n) is 6.09. The number of benzene rings is 2. The second-order valence-corrected chi connectivity index (χ2v) is 9.27. The van der Waals surface area contributed by atoms with Crippen molar-refractivity contribution in [3.8, 4) is 22.6 Å². The van der Waals surface area contributed by atoms with Crippen molar-refractivity contribution < 1.29 is 4.74 Å². The van der Waals surface area contributed by atoms with E-state index in [2.05, 4.69) is 17.1 Å². The Bertz CT molecular complexity index is 1610. The van der Waals surface area contributed by atoms with Crippen LogP contribution in [0, 0.1) is 4.77 Å². The lowest BCUT2D eigenvalue weighted by Crippen LogP contribution is -2.19. The summed E-state index contributed by atoms with van der Waals surface area (Å²) in [5.74, 6) is 0.816. The van der Waals surface area contributed by atoms with E-state index in [1.165, 1.54) is 16.9 Å². The molecular weight excluding hydrogens is 438 g/mol. The first-order valence-electron chi connectivity index (χ1n) is 10.5. The minimum atomic E-state index is -0.112. The SMILES string of the molecule is COc1ccc(-c2c3c(nc4sc5c(=O)n(-c6ccccc6)c(=S)[nH]c5c24)CCC3)cc1. The average molecular weight is 458 g/mol. The molecule has 0 unspecified atom stereocenters. The van der Waals surface area contributed by atoms with E-state index in [0.717, 1.165) is 63.3 Å². The van der Waals surface area contributed by atoms with E-state index in [-0.39, 0.29) is 5.56 Å². The zero-order chi connectivity index (χ0) is 21.8. The van der Waals surface area contributed by atoms with E-state index in [9.17, 15) is 4.79 Å². The number of aromatic amines is 1. The molecule has 0 amide bonds. The lowest BCUT2D eigenvalue weighted by Gasteiger charge is -2.12. The molecule has 0 atom stereocenters. The third-order valence-corrected chi connectivity index (χ3v) is 7.45. The van der Waals surface area contributed by atoms with Gasteiger partial charge >= 0.3 is 0 Å². The predicted octanol–water partition coefficient (Wildman–Crippen LogP) is 5.82. The molecule has 3 aromatic heterocycles. The molecule has 7 heteroatoms. The monoisotopic (exact) mass is 457 g/mol. The van der Waals surface area contributed by atoms with Crippen molar-refractivity contribution in [2.75, 3.05) is 7.11 Å². The van der Waals surface area contributed by atoms with Crippen LogP contribution in [0.1, 0.15) is 17.7 Å². The van der Waals surface area contributed by atoms with Crippen LogP contribution < -0.4 is 10.3 Å². The number of hydrogen-bond acceptors (Lipinski definition) is 5. The van der Waals surface area contributed by atoms with E-state index in [0.29, 0.717) is 9.47 Å². The maximum Gasteiger partial charge on any atom is 0.276 e. The summed E-state index contributed by atoms with van der Waals surface area (Å²) in [5, 5.41) is 0.985. The van der Waals surface area contributed by atoms with Crippen molar-refractivity contribution in [3.05, 3.63) is 81.0 Å². The highest BCUT2D eigenvalue weighted by Crippen LogP contribution is 2.42. The molecule has 0 aliphatic heterocycles. The summed E-state index contributed by atoms with van der Waals surface area (Å²) in [7, 11) is 1.67. The summed E-state index contributed by atoms with van der Waals surface area (Å²) in [6.07, 6.45) is 3.04. The van der Waals surface area contributed by atoms with Gasteiger partial charge in [0.25, 0.3) is 5.56 Å². The highest BCUT2D eigenvalue weighted by molar-refractivity contribution is 7.71. The number of rotatable bonds is 3. The highest BCUT2D eigenvalue weighted by atomic mass is 32.1. The van der Waals surface area contributed by atoms with Crippen LogP contribution in [-0.4, -0.2) is 21.6 Å². The van der Waals surface area contributed by atoms with Gasteiger partial charge in [0.2, 0.25) is 0 Å². The minimum Gasteiger partial charge on any atom is -0.497 e. The number of nitrogens with one attached hydrogen (secondary N) is 1. The number of thiophene rings is 1. The molecule has 0 spiro atoms. The van der Waals surface area contributed by atoms with Gasteiger partial charge in [0, 0.05) is 11.1 Å². The van der Waals surface area contributed by atoms with Crippen molar-refractivity contribution in [2.45, 2.75) is 19.3 Å². The van der Waals surface area contributed by atoms with Crippen LogP contribution in [0.25, 0.3) is 37.2 Å². The molecule has 1 N–H and O–H groups in total. The molecular formula is C25H19N3O2S2. The van der Waals surface area contributed by atoms with E-state index in [4.69, 9.17) is 21.9 Å². The number of hydrogen-bond donors (Lipinski definition) is 1. The highest BCUT2D eigenvalue weighted by Gasteiger charge is 2.25. The third kappa shape index (κ3) is 2.85. The molecule has 158 valence electrons. The maximum atomic E-state index is 13.5. The molecule has 0 radical (unpaired) electrons. The van der Waals surface area contributed by atoms with Crippen LogP contribution in [0.5, 0.6) is 5.75 Å². The fourth-order valence-corrected chi connectivity index (χ4v) is 6.02. The van der Waals surface area contributed by atoms with Crippen LogP contribution >= 0.6 is 23.6 Å². The van der Waals surface area contributed by atoms with E-state index in [1.807, 2.05) is 42.5 Å². The van der Waals surface area contributed by atoms with Gasteiger partial charge in [0.15, 0.2) is 4.77 Å². The van der Waals surface area contributed by atoms with Crippen molar-refractivity contribution in [2.24, 2.45) is 0 Å². The van der Waals surface area contributed by atoms with Crippen molar-refractivity contribution in [1.82, 2.24) is 14.5 Å². The Balaban J connectivity index is 1.72. The normalized spacial score (nSPS) is 13.0. The number of para-hydroxylation sites is 1. The number of nitrogens with zero attached hydrogens (tertiary/aromatic N) is 2. The minimum absolute atomic E-state index is 0.112. The van der Waals surface area contributed by atoms with Gasteiger partial charge in [-0.2, -0.15) is 0 Å². The van der Waals surface area contributed by atoms with Crippen LogP contribution in [0.4, 0.5) is 0 Å². The summed E-state index contributed by atoms with van der Waals surface area (Å²) in [6, 6.07) is 17.6. The number of ether oxygens (including phenoxy) is 1. The average Bonchev–Trinajstić information content (AvgIpc) is 3.43. The number of aryl methyl sites for hydroxylation is 1. The Labute approximate surface area is 193 Å². The fraction of sp³-hybridized carbons (Fsp3) is 0.160. The van der Waals surface area contributed by atoms with Gasteiger partial charge in [0.05, 0.1) is 18.3 Å². The van der Waals surface area contributed by atoms with E-state index in [1.54, 1.807) is 11.7 Å². The molecule has 1 aliphatic carbocycles. The number of H-pyrrole nitrogens is 1. The number of pyridine rings is 1. The molecule has 5 aromatic rings. The van der Waals surface area contributed by atoms with Gasteiger partial charge in [-0.1, -0.05) is 30.3 Å². The summed E-state index contributed by atoms with van der Waals surface area (Å²) in [6.45, 7) is 0. The zero-order valence-electron chi connectivity index (χ0n) is 17.3. The van der Waals surface area contributed by atoms with Crippen molar-refractivity contribution >= 4 is 44.0 Å². The second kappa shape index (κ2) is 7.39. The summed E-state index contributed by atoms with van der Waals surface area (Å²) in [5.41, 5.74) is 6.08. The Kier molecular flexibility index (Phi) is 4.48. The van der Waals surface area contributed by atoms with Gasteiger partial charge in [-0.3, -0.25) is 9.36 Å².